The minimum atomic E-state index is 0.0480. The molecule has 0 N–H and O–H groups in total. The van der Waals surface area contributed by atoms with Gasteiger partial charge in [-0.2, -0.15) is 0 Å². The number of ketones is 1. The number of rotatable bonds is 5. The van der Waals surface area contributed by atoms with Gasteiger partial charge in [0.1, 0.15) is 10.7 Å². The molecule has 0 fully saturated rings. The Labute approximate surface area is 126 Å². The number of para-hydroxylation sites is 2. The highest BCUT2D eigenvalue weighted by atomic mass is 32.1. The molecule has 2 heterocycles. The normalized spacial score (nSPS) is 11.1. The molecule has 6 heteroatoms. The van der Waals surface area contributed by atoms with Gasteiger partial charge < -0.3 is 4.57 Å². The Hall–Kier alpha value is -2.08. The summed E-state index contributed by atoms with van der Waals surface area (Å²) in [5.41, 5.74) is 2.78. The number of carbonyl (C=O) groups excluding carboxylic acids is 1. The number of fused-ring (bicyclic) bond motifs is 1. The van der Waals surface area contributed by atoms with Crippen molar-refractivity contribution in [3.8, 4) is 0 Å². The van der Waals surface area contributed by atoms with Gasteiger partial charge in [0.15, 0.2) is 5.78 Å². The Balaban J connectivity index is 1.96. The second-order valence-corrected chi connectivity index (χ2v) is 5.52. The quantitative estimate of drug-likeness (QED) is 0.680. The van der Waals surface area contributed by atoms with E-state index in [-0.39, 0.29) is 5.78 Å². The highest BCUT2D eigenvalue weighted by Gasteiger charge is 2.19. The number of aromatic nitrogens is 4. The van der Waals surface area contributed by atoms with Crippen LogP contribution in [0.1, 0.15) is 35.0 Å². The minimum Gasteiger partial charge on any atom is -0.328 e. The standard InChI is InChI=1S/C15H16N4OS/c1-3-10-15(21-18-17-10)13(20)9-14-16-11-7-5-6-8-12(11)19(14)4-2/h5-8H,3-4,9H2,1-2H3. The van der Waals surface area contributed by atoms with Crippen LogP contribution in [0.4, 0.5) is 0 Å². The second-order valence-electron chi connectivity index (χ2n) is 4.76. The van der Waals surface area contributed by atoms with E-state index < -0.39 is 0 Å². The molecule has 3 rings (SSSR count). The van der Waals surface area contributed by atoms with Gasteiger partial charge in [0.25, 0.3) is 0 Å². The Morgan fingerprint density at radius 3 is 2.86 bits per heavy atom. The SMILES string of the molecule is CCc1nnsc1C(=O)Cc1nc2ccccc2n1CC. The summed E-state index contributed by atoms with van der Waals surface area (Å²) in [5, 5.41) is 4.00. The van der Waals surface area contributed by atoms with E-state index in [1.807, 2.05) is 31.2 Å². The first-order valence-electron chi connectivity index (χ1n) is 7.03. The number of hydrogen-bond donors (Lipinski definition) is 0. The zero-order valence-corrected chi connectivity index (χ0v) is 12.9. The maximum Gasteiger partial charge on any atom is 0.183 e. The predicted molar refractivity (Wildman–Crippen MR) is 82.7 cm³/mol. The molecular weight excluding hydrogens is 284 g/mol. The molecular formula is C15H16N4OS. The van der Waals surface area contributed by atoms with Crippen molar-refractivity contribution in [2.45, 2.75) is 33.2 Å². The van der Waals surface area contributed by atoms with Crippen LogP contribution < -0.4 is 0 Å². The van der Waals surface area contributed by atoms with E-state index >= 15 is 0 Å². The highest BCUT2D eigenvalue weighted by molar-refractivity contribution is 7.08. The molecule has 0 aliphatic heterocycles. The van der Waals surface area contributed by atoms with Gasteiger partial charge in [-0.15, -0.1) is 5.10 Å². The van der Waals surface area contributed by atoms with Gasteiger partial charge in [-0.1, -0.05) is 23.5 Å². The molecule has 0 radical (unpaired) electrons. The van der Waals surface area contributed by atoms with E-state index in [1.54, 1.807) is 0 Å². The first-order chi connectivity index (χ1) is 10.2. The molecule has 0 aliphatic rings. The average molecular weight is 300 g/mol. The number of nitrogens with zero attached hydrogens (tertiary/aromatic N) is 4. The van der Waals surface area contributed by atoms with Crippen molar-refractivity contribution in [2.24, 2.45) is 0 Å². The van der Waals surface area contributed by atoms with Gasteiger partial charge in [0.05, 0.1) is 23.1 Å². The molecule has 0 amide bonds. The van der Waals surface area contributed by atoms with Crippen molar-refractivity contribution >= 4 is 28.3 Å². The summed E-state index contributed by atoms with van der Waals surface area (Å²) in [4.78, 5) is 17.7. The predicted octanol–water partition coefficient (Wildman–Crippen LogP) is 2.90. The van der Waals surface area contributed by atoms with E-state index in [0.29, 0.717) is 11.3 Å². The number of imidazole rings is 1. The van der Waals surface area contributed by atoms with E-state index in [9.17, 15) is 4.79 Å². The molecule has 21 heavy (non-hydrogen) atoms. The fourth-order valence-electron chi connectivity index (χ4n) is 2.49. The lowest BCUT2D eigenvalue weighted by Crippen LogP contribution is -2.10. The number of aryl methyl sites for hydroxylation is 2. The van der Waals surface area contributed by atoms with Crippen LogP contribution >= 0.6 is 11.5 Å². The molecule has 108 valence electrons. The summed E-state index contributed by atoms with van der Waals surface area (Å²) < 4.78 is 5.98. The first kappa shape index (κ1) is 13.9. The molecule has 0 aliphatic carbocycles. The summed E-state index contributed by atoms with van der Waals surface area (Å²) >= 11 is 1.17. The molecule has 0 saturated carbocycles. The van der Waals surface area contributed by atoms with Gasteiger partial charge in [0.2, 0.25) is 0 Å². The zero-order chi connectivity index (χ0) is 14.8. The van der Waals surface area contributed by atoms with Crippen molar-refractivity contribution in [3.05, 3.63) is 40.7 Å². The largest absolute Gasteiger partial charge is 0.328 e. The monoisotopic (exact) mass is 300 g/mol. The zero-order valence-electron chi connectivity index (χ0n) is 12.0. The molecule has 0 saturated heterocycles. The van der Waals surface area contributed by atoms with Crippen LogP contribution in [0, 0.1) is 0 Å². The van der Waals surface area contributed by atoms with E-state index in [2.05, 4.69) is 26.1 Å². The van der Waals surface area contributed by atoms with Crippen molar-refractivity contribution in [2.75, 3.05) is 0 Å². The van der Waals surface area contributed by atoms with Crippen molar-refractivity contribution in [3.63, 3.8) is 0 Å². The Morgan fingerprint density at radius 1 is 1.29 bits per heavy atom. The number of benzene rings is 1. The van der Waals surface area contributed by atoms with E-state index in [0.717, 1.165) is 35.5 Å². The lowest BCUT2D eigenvalue weighted by molar-refractivity contribution is 0.0993. The maximum atomic E-state index is 12.5. The first-order valence-corrected chi connectivity index (χ1v) is 7.80. The summed E-state index contributed by atoms with van der Waals surface area (Å²) in [6, 6.07) is 7.96. The van der Waals surface area contributed by atoms with E-state index in [1.165, 1.54) is 11.5 Å². The molecule has 5 nitrogen and oxygen atoms in total. The molecule has 2 aromatic heterocycles. The van der Waals surface area contributed by atoms with Gasteiger partial charge in [-0.05, 0) is 37.0 Å². The molecule has 0 unspecified atom stereocenters. The van der Waals surface area contributed by atoms with Gasteiger partial charge in [-0.25, -0.2) is 4.98 Å². The summed E-state index contributed by atoms with van der Waals surface area (Å²) in [6.45, 7) is 4.84. The lowest BCUT2D eigenvalue weighted by Gasteiger charge is -2.05. The van der Waals surface area contributed by atoms with Crippen molar-refractivity contribution in [1.29, 1.82) is 0 Å². The van der Waals surface area contributed by atoms with Crippen LogP contribution in [0.15, 0.2) is 24.3 Å². The van der Waals surface area contributed by atoms with Gasteiger partial charge >= 0.3 is 0 Å². The summed E-state index contributed by atoms with van der Waals surface area (Å²) in [7, 11) is 0. The van der Waals surface area contributed by atoms with Crippen molar-refractivity contribution < 1.29 is 4.79 Å². The number of carbonyl (C=O) groups is 1. The summed E-state index contributed by atoms with van der Waals surface area (Å²) in [6.07, 6.45) is 1.02. The van der Waals surface area contributed by atoms with Crippen LogP contribution in [-0.2, 0) is 19.4 Å². The Kier molecular flexibility index (Phi) is 3.79. The highest BCUT2D eigenvalue weighted by Crippen LogP contribution is 2.19. The minimum absolute atomic E-state index is 0.0480. The number of Topliss-reactive ketones (excluding diaryl/α,β-unsaturated/α-hetero) is 1. The maximum absolute atomic E-state index is 12.5. The van der Waals surface area contributed by atoms with Gasteiger partial charge in [-0.3, -0.25) is 4.79 Å². The van der Waals surface area contributed by atoms with Crippen molar-refractivity contribution in [1.82, 2.24) is 19.1 Å². The topological polar surface area (TPSA) is 60.7 Å². The van der Waals surface area contributed by atoms with Crippen LogP contribution in [0.3, 0.4) is 0 Å². The number of hydrogen-bond acceptors (Lipinski definition) is 5. The molecule has 0 bridgehead atoms. The molecule has 0 spiro atoms. The fraction of sp³-hybridized carbons (Fsp3) is 0.333. The van der Waals surface area contributed by atoms with Crippen LogP contribution in [0.25, 0.3) is 11.0 Å². The van der Waals surface area contributed by atoms with Gasteiger partial charge in [0, 0.05) is 6.54 Å². The van der Waals surface area contributed by atoms with Crippen LogP contribution in [0.2, 0.25) is 0 Å². The summed E-state index contributed by atoms with van der Waals surface area (Å²) in [5.74, 6) is 0.853. The molecule has 3 aromatic rings. The third-order valence-corrected chi connectivity index (χ3v) is 4.32. The molecule has 0 atom stereocenters. The Morgan fingerprint density at radius 2 is 2.10 bits per heavy atom. The Bertz CT molecular complexity index is 790. The van der Waals surface area contributed by atoms with E-state index in [4.69, 9.17) is 0 Å². The average Bonchev–Trinajstić information content (AvgIpc) is 3.10. The van der Waals surface area contributed by atoms with Crippen LogP contribution in [-0.4, -0.2) is 24.9 Å². The third-order valence-electron chi connectivity index (χ3n) is 3.51. The molecule has 1 aromatic carbocycles. The van der Waals surface area contributed by atoms with Crippen LogP contribution in [0.5, 0.6) is 0 Å². The third kappa shape index (κ3) is 2.47. The fourth-order valence-corrected chi connectivity index (χ4v) is 3.17. The second kappa shape index (κ2) is 5.73. The lowest BCUT2D eigenvalue weighted by atomic mass is 10.2. The smallest absolute Gasteiger partial charge is 0.183 e.